The predicted octanol–water partition coefficient (Wildman–Crippen LogP) is 1.28. The van der Waals surface area contributed by atoms with Crippen LogP contribution in [0.15, 0.2) is 48.0 Å². The van der Waals surface area contributed by atoms with Crippen LogP contribution in [0.3, 0.4) is 0 Å². The fourth-order valence-corrected chi connectivity index (χ4v) is 3.73. The van der Waals surface area contributed by atoms with Gasteiger partial charge in [0.25, 0.3) is 11.7 Å². The van der Waals surface area contributed by atoms with Crippen molar-refractivity contribution in [3.63, 3.8) is 0 Å². The number of nitrogens with zero attached hydrogens (tertiary/aromatic N) is 1. The van der Waals surface area contributed by atoms with Crippen molar-refractivity contribution in [2.45, 2.75) is 6.04 Å². The third kappa shape index (κ3) is 4.40. The second-order valence-electron chi connectivity index (χ2n) is 7.79. The SMILES string of the molecule is COc1ccc(C(O)=C2C(=O)C(=O)N(CC[NH+](C)C)[C@H]2c2ccc(OC)c(OC)c2)cc1. The predicted molar refractivity (Wildman–Crippen MR) is 119 cm³/mol. The molecule has 2 N–H and O–H groups in total. The van der Waals surface area contributed by atoms with E-state index in [9.17, 15) is 14.7 Å². The van der Waals surface area contributed by atoms with E-state index in [1.807, 2.05) is 14.1 Å². The number of benzene rings is 2. The van der Waals surface area contributed by atoms with Crippen molar-refractivity contribution in [1.82, 2.24) is 4.90 Å². The highest BCUT2D eigenvalue weighted by Crippen LogP contribution is 2.41. The number of carbonyl (C=O) groups is 2. The zero-order valence-corrected chi connectivity index (χ0v) is 19.0. The molecule has 1 amide bonds. The quantitative estimate of drug-likeness (QED) is 0.365. The summed E-state index contributed by atoms with van der Waals surface area (Å²) in [6.45, 7) is 0.991. The first kappa shape index (κ1) is 23.1. The number of methoxy groups -OCH3 is 3. The van der Waals surface area contributed by atoms with Crippen molar-refractivity contribution in [3.8, 4) is 17.2 Å². The lowest BCUT2D eigenvalue weighted by atomic mass is 9.95. The molecule has 0 aliphatic carbocycles. The first-order chi connectivity index (χ1) is 15.3. The Kier molecular flexibility index (Phi) is 7.05. The molecule has 8 nitrogen and oxygen atoms in total. The van der Waals surface area contributed by atoms with Gasteiger partial charge in [-0.25, -0.2) is 0 Å². The van der Waals surface area contributed by atoms with Gasteiger partial charge in [-0.2, -0.15) is 0 Å². The monoisotopic (exact) mass is 441 g/mol. The summed E-state index contributed by atoms with van der Waals surface area (Å²) in [6.07, 6.45) is 0. The van der Waals surface area contributed by atoms with Crippen LogP contribution in [0.1, 0.15) is 17.2 Å². The Morgan fingerprint density at radius 1 is 0.969 bits per heavy atom. The van der Waals surface area contributed by atoms with Gasteiger partial charge < -0.3 is 29.1 Å². The number of hydrogen-bond acceptors (Lipinski definition) is 6. The lowest BCUT2D eigenvalue weighted by Crippen LogP contribution is -3.06. The van der Waals surface area contributed by atoms with Crippen LogP contribution in [0, 0.1) is 0 Å². The zero-order chi connectivity index (χ0) is 23.4. The number of hydrogen-bond donors (Lipinski definition) is 2. The van der Waals surface area contributed by atoms with Crippen molar-refractivity contribution in [2.24, 2.45) is 0 Å². The van der Waals surface area contributed by atoms with Crippen molar-refractivity contribution in [1.29, 1.82) is 0 Å². The molecular weight excluding hydrogens is 412 g/mol. The van der Waals surface area contributed by atoms with Gasteiger partial charge in [-0.15, -0.1) is 0 Å². The van der Waals surface area contributed by atoms with Gasteiger partial charge in [-0.1, -0.05) is 6.07 Å². The van der Waals surface area contributed by atoms with Gasteiger partial charge in [0, 0.05) is 5.56 Å². The molecule has 2 aromatic rings. The van der Waals surface area contributed by atoms with E-state index in [2.05, 4.69) is 0 Å². The lowest BCUT2D eigenvalue weighted by Gasteiger charge is -2.26. The van der Waals surface area contributed by atoms with Crippen LogP contribution in [0.25, 0.3) is 5.76 Å². The number of Topliss-reactive ketones (excluding diaryl/α,β-unsaturated/α-hetero) is 1. The van der Waals surface area contributed by atoms with Crippen LogP contribution in [0.5, 0.6) is 17.2 Å². The summed E-state index contributed by atoms with van der Waals surface area (Å²) in [7, 11) is 8.54. The van der Waals surface area contributed by atoms with Crippen molar-refractivity contribution in [2.75, 3.05) is 48.5 Å². The smallest absolute Gasteiger partial charge is 0.295 e. The molecule has 1 saturated heterocycles. The summed E-state index contributed by atoms with van der Waals surface area (Å²) < 4.78 is 15.9. The molecule has 1 aliphatic heterocycles. The van der Waals surface area contributed by atoms with E-state index in [1.165, 1.54) is 19.1 Å². The molecule has 1 aliphatic rings. The van der Waals surface area contributed by atoms with Gasteiger partial charge >= 0.3 is 0 Å². The molecule has 2 aromatic carbocycles. The van der Waals surface area contributed by atoms with E-state index < -0.39 is 17.7 Å². The second kappa shape index (κ2) is 9.74. The van der Waals surface area contributed by atoms with Crippen molar-refractivity contribution < 1.29 is 33.8 Å². The number of likely N-dealkylation sites (N-methyl/N-ethyl adjacent to an activating group) is 1. The summed E-state index contributed by atoms with van der Waals surface area (Å²) >= 11 is 0. The molecule has 0 bridgehead atoms. The summed E-state index contributed by atoms with van der Waals surface area (Å²) in [5.41, 5.74) is 1.11. The molecule has 0 radical (unpaired) electrons. The Morgan fingerprint density at radius 3 is 2.19 bits per heavy atom. The molecule has 0 aromatic heterocycles. The molecule has 170 valence electrons. The molecule has 0 unspecified atom stereocenters. The third-order valence-electron chi connectivity index (χ3n) is 5.48. The number of aliphatic hydroxyl groups is 1. The highest BCUT2D eigenvalue weighted by molar-refractivity contribution is 6.46. The maximum absolute atomic E-state index is 13.1. The number of aliphatic hydroxyl groups excluding tert-OH is 1. The average molecular weight is 442 g/mol. The van der Waals surface area contributed by atoms with Crippen LogP contribution < -0.4 is 19.1 Å². The van der Waals surface area contributed by atoms with Crippen LogP contribution in [-0.2, 0) is 9.59 Å². The second-order valence-corrected chi connectivity index (χ2v) is 7.79. The number of rotatable bonds is 8. The lowest BCUT2D eigenvalue weighted by molar-refractivity contribution is -0.857. The van der Waals surface area contributed by atoms with Gasteiger partial charge in [0.05, 0.1) is 60.1 Å². The van der Waals surface area contributed by atoms with Crippen molar-refractivity contribution in [3.05, 3.63) is 59.2 Å². The van der Waals surface area contributed by atoms with Gasteiger partial charge in [0.1, 0.15) is 11.5 Å². The largest absolute Gasteiger partial charge is 0.507 e. The number of quaternary nitrogens is 1. The number of carbonyl (C=O) groups excluding carboxylic acids is 2. The zero-order valence-electron chi connectivity index (χ0n) is 19.0. The first-order valence-corrected chi connectivity index (χ1v) is 10.3. The van der Waals surface area contributed by atoms with Gasteiger partial charge in [0.15, 0.2) is 11.5 Å². The molecule has 0 saturated carbocycles. The summed E-state index contributed by atoms with van der Waals surface area (Å²) in [4.78, 5) is 28.7. The summed E-state index contributed by atoms with van der Waals surface area (Å²) in [6, 6.07) is 11.1. The molecule has 32 heavy (non-hydrogen) atoms. The highest BCUT2D eigenvalue weighted by atomic mass is 16.5. The van der Waals surface area contributed by atoms with Crippen molar-refractivity contribution >= 4 is 17.4 Å². The fraction of sp³-hybridized carbons (Fsp3) is 0.333. The summed E-state index contributed by atoms with van der Waals surface area (Å²) in [5, 5.41) is 11.1. The van der Waals surface area contributed by atoms with Crippen LogP contribution in [0.2, 0.25) is 0 Å². The fourth-order valence-electron chi connectivity index (χ4n) is 3.73. The van der Waals surface area contributed by atoms with Gasteiger partial charge in [0.2, 0.25) is 0 Å². The van der Waals surface area contributed by atoms with Crippen LogP contribution >= 0.6 is 0 Å². The first-order valence-electron chi connectivity index (χ1n) is 10.3. The molecule has 1 heterocycles. The molecule has 1 fully saturated rings. The van der Waals surface area contributed by atoms with E-state index >= 15 is 0 Å². The van der Waals surface area contributed by atoms with E-state index in [-0.39, 0.29) is 11.3 Å². The maximum Gasteiger partial charge on any atom is 0.295 e. The van der Waals surface area contributed by atoms with E-state index in [0.29, 0.717) is 41.5 Å². The normalized spacial score (nSPS) is 17.7. The standard InChI is InChI=1S/C24H28N2O6/c1-25(2)12-13-26-21(16-8-11-18(31-4)19(14-16)32-5)20(23(28)24(26)29)22(27)15-6-9-17(30-3)10-7-15/h6-11,14,21,27H,12-13H2,1-5H3/p+1/t21-/m0/s1. The van der Waals surface area contributed by atoms with Gasteiger partial charge in [-0.05, 0) is 42.0 Å². The van der Waals surface area contributed by atoms with Crippen LogP contribution in [-0.4, -0.2) is 70.2 Å². The minimum Gasteiger partial charge on any atom is -0.507 e. The Hall–Kier alpha value is -3.52. The molecule has 1 atom stereocenters. The Labute approximate surface area is 187 Å². The third-order valence-corrected chi connectivity index (χ3v) is 5.48. The average Bonchev–Trinajstić information content (AvgIpc) is 3.06. The topological polar surface area (TPSA) is 89.7 Å². The Bertz CT molecular complexity index is 1030. The molecule has 0 spiro atoms. The molecular formula is C24H29N2O6+. The number of likely N-dealkylation sites (tertiary alicyclic amines) is 1. The molecule has 3 rings (SSSR count). The Morgan fingerprint density at radius 2 is 1.62 bits per heavy atom. The van der Waals surface area contributed by atoms with E-state index in [4.69, 9.17) is 14.2 Å². The number of nitrogens with one attached hydrogen (secondary N) is 1. The summed E-state index contributed by atoms with van der Waals surface area (Å²) in [5.74, 6) is 0.0326. The maximum atomic E-state index is 13.1. The Balaban J connectivity index is 2.16. The van der Waals surface area contributed by atoms with E-state index in [0.717, 1.165) is 4.90 Å². The number of amides is 1. The van der Waals surface area contributed by atoms with Gasteiger partial charge in [-0.3, -0.25) is 9.59 Å². The molecule has 8 heteroatoms. The number of ether oxygens (including phenoxy) is 3. The highest BCUT2D eigenvalue weighted by Gasteiger charge is 2.46. The number of ketones is 1. The minimum atomic E-state index is -0.753. The minimum absolute atomic E-state index is 0.0427. The van der Waals surface area contributed by atoms with E-state index in [1.54, 1.807) is 49.6 Å². The van der Waals surface area contributed by atoms with Crippen LogP contribution in [0.4, 0.5) is 0 Å².